The Balaban J connectivity index is 1.85. The standard InChI is InChI=1S/C22H20O6S3/c1-30(25,26)17-7-9-18(20-3-2-10-29-20)16(11-17)13-31(27,28)21-12-15(22(23)24)6-8-19(21)14-4-5-14/h2-3,6-12,14H,4-5,13H2,1H3,(H,23,24). The summed E-state index contributed by atoms with van der Waals surface area (Å²) in [5, 5.41) is 11.2. The molecule has 3 aromatic rings. The van der Waals surface area contributed by atoms with E-state index in [-0.39, 0.29) is 21.3 Å². The number of hydrogen-bond donors (Lipinski definition) is 1. The molecule has 1 aliphatic carbocycles. The summed E-state index contributed by atoms with van der Waals surface area (Å²) < 4.78 is 51.1. The SMILES string of the molecule is CS(=O)(=O)c1ccc(-c2cccs2)c(CS(=O)(=O)c2cc(C(=O)O)ccc2C2CC2)c1. The zero-order valence-corrected chi connectivity index (χ0v) is 19.1. The molecule has 0 unspecified atom stereocenters. The first-order chi connectivity index (χ1) is 14.6. The summed E-state index contributed by atoms with van der Waals surface area (Å²) in [6.45, 7) is 0. The molecule has 31 heavy (non-hydrogen) atoms. The molecular weight excluding hydrogens is 456 g/mol. The second-order valence-corrected chi connectivity index (χ2v) is 12.6. The van der Waals surface area contributed by atoms with E-state index in [0.717, 1.165) is 24.0 Å². The van der Waals surface area contributed by atoms with Crippen LogP contribution < -0.4 is 0 Å². The summed E-state index contributed by atoms with van der Waals surface area (Å²) in [5.74, 6) is -1.52. The van der Waals surface area contributed by atoms with Crippen LogP contribution in [0.3, 0.4) is 0 Å². The summed E-state index contributed by atoms with van der Waals surface area (Å²) in [4.78, 5) is 12.3. The number of benzene rings is 2. The van der Waals surface area contributed by atoms with E-state index in [0.29, 0.717) is 16.7 Å². The number of carboxylic acids is 1. The molecule has 0 bridgehead atoms. The van der Waals surface area contributed by atoms with E-state index < -0.39 is 31.4 Å². The van der Waals surface area contributed by atoms with Crippen molar-refractivity contribution in [2.45, 2.75) is 34.3 Å². The van der Waals surface area contributed by atoms with Crippen LogP contribution in [0.25, 0.3) is 10.4 Å². The summed E-state index contributed by atoms with van der Waals surface area (Å²) in [7, 11) is -7.46. The number of carboxylic acid groups (broad SMARTS) is 1. The molecular formula is C22H20O6S3. The molecule has 1 N–H and O–H groups in total. The van der Waals surface area contributed by atoms with Gasteiger partial charge in [-0.1, -0.05) is 18.2 Å². The molecule has 1 aliphatic rings. The highest BCUT2D eigenvalue weighted by atomic mass is 32.2. The van der Waals surface area contributed by atoms with Crippen molar-refractivity contribution >= 4 is 37.0 Å². The molecule has 1 saturated carbocycles. The molecule has 0 atom stereocenters. The van der Waals surface area contributed by atoms with Crippen molar-refractivity contribution < 1.29 is 26.7 Å². The molecule has 0 spiro atoms. The van der Waals surface area contributed by atoms with Crippen LogP contribution in [0.15, 0.2) is 63.7 Å². The lowest BCUT2D eigenvalue weighted by molar-refractivity contribution is 0.0696. The molecule has 1 fully saturated rings. The highest BCUT2D eigenvalue weighted by molar-refractivity contribution is 7.91. The monoisotopic (exact) mass is 476 g/mol. The number of aromatic carboxylic acids is 1. The van der Waals surface area contributed by atoms with Gasteiger partial charge in [0.2, 0.25) is 0 Å². The number of rotatable bonds is 7. The maximum absolute atomic E-state index is 13.5. The molecule has 0 aliphatic heterocycles. The van der Waals surface area contributed by atoms with Crippen molar-refractivity contribution in [3.63, 3.8) is 0 Å². The fourth-order valence-electron chi connectivity index (χ4n) is 3.54. The van der Waals surface area contributed by atoms with Gasteiger partial charge in [0.1, 0.15) is 0 Å². The molecule has 1 heterocycles. The fraction of sp³-hybridized carbons (Fsp3) is 0.227. The van der Waals surface area contributed by atoms with Crippen LogP contribution in [-0.4, -0.2) is 34.2 Å². The van der Waals surface area contributed by atoms with Crippen molar-refractivity contribution in [2.75, 3.05) is 6.26 Å². The smallest absolute Gasteiger partial charge is 0.335 e. The van der Waals surface area contributed by atoms with Crippen LogP contribution >= 0.6 is 11.3 Å². The van der Waals surface area contributed by atoms with Crippen LogP contribution in [0.1, 0.15) is 40.2 Å². The van der Waals surface area contributed by atoms with Crippen LogP contribution in [0.4, 0.5) is 0 Å². The summed E-state index contributed by atoms with van der Waals surface area (Å²) in [6.07, 6.45) is 2.80. The summed E-state index contributed by atoms with van der Waals surface area (Å²) >= 11 is 1.43. The number of thiophene rings is 1. The van der Waals surface area contributed by atoms with Gasteiger partial charge in [-0.25, -0.2) is 21.6 Å². The Morgan fingerprint density at radius 1 is 1.06 bits per heavy atom. The van der Waals surface area contributed by atoms with Crippen molar-refractivity contribution in [1.82, 2.24) is 0 Å². The van der Waals surface area contributed by atoms with Gasteiger partial charge in [-0.2, -0.15) is 0 Å². The normalized spacial score (nSPS) is 14.5. The first-order valence-corrected chi connectivity index (χ1v) is 14.0. The summed E-state index contributed by atoms with van der Waals surface area (Å²) in [6, 6.07) is 12.4. The predicted molar refractivity (Wildman–Crippen MR) is 119 cm³/mol. The van der Waals surface area contributed by atoms with E-state index in [1.807, 2.05) is 17.5 Å². The maximum Gasteiger partial charge on any atom is 0.335 e. The van der Waals surface area contributed by atoms with E-state index in [9.17, 15) is 26.7 Å². The van der Waals surface area contributed by atoms with Crippen LogP contribution in [0.2, 0.25) is 0 Å². The molecule has 9 heteroatoms. The van der Waals surface area contributed by atoms with Gasteiger partial charge < -0.3 is 5.11 Å². The molecule has 4 rings (SSSR count). The van der Waals surface area contributed by atoms with E-state index in [1.54, 1.807) is 12.1 Å². The topological polar surface area (TPSA) is 106 Å². The first-order valence-electron chi connectivity index (χ1n) is 9.53. The lowest BCUT2D eigenvalue weighted by Crippen LogP contribution is -2.11. The quantitative estimate of drug-likeness (QED) is 0.543. The number of sulfone groups is 2. The second-order valence-electron chi connectivity index (χ2n) is 7.66. The molecule has 2 aromatic carbocycles. The van der Waals surface area contributed by atoms with Crippen LogP contribution in [0, 0.1) is 0 Å². The third-order valence-corrected chi connectivity index (χ3v) is 8.98. The Kier molecular flexibility index (Phi) is 5.53. The fourth-order valence-corrected chi connectivity index (χ4v) is 6.71. The third-order valence-electron chi connectivity index (χ3n) is 5.25. The largest absolute Gasteiger partial charge is 0.478 e. The van der Waals surface area contributed by atoms with Gasteiger partial charge in [0, 0.05) is 11.1 Å². The van der Waals surface area contributed by atoms with Gasteiger partial charge in [0.05, 0.1) is 21.1 Å². The molecule has 162 valence electrons. The molecule has 1 aromatic heterocycles. The van der Waals surface area contributed by atoms with Gasteiger partial charge in [-0.3, -0.25) is 0 Å². The Bertz CT molecular complexity index is 1370. The minimum absolute atomic E-state index is 0.0109. The number of hydrogen-bond acceptors (Lipinski definition) is 6. The Morgan fingerprint density at radius 2 is 1.81 bits per heavy atom. The molecule has 6 nitrogen and oxygen atoms in total. The lowest BCUT2D eigenvalue weighted by atomic mass is 10.1. The highest BCUT2D eigenvalue weighted by Crippen LogP contribution is 2.44. The Morgan fingerprint density at radius 3 is 2.39 bits per heavy atom. The summed E-state index contributed by atoms with van der Waals surface area (Å²) in [5.41, 5.74) is 1.55. The van der Waals surface area contributed by atoms with Crippen molar-refractivity contribution in [1.29, 1.82) is 0 Å². The second kappa shape index (κ2) is 7.89. The van der Waals surface area contributed by atoms with Gasteiger partial charge in [0.25, 0.3) is 0 Å². The van der Waals surface area contributed by atoms with Crippen molar-refractivity contribution in [2.24, 2.45) is 0 Å². The highest BCUT2D eigenvalue weighted by Gasteiger charge is 2.32. The van der Waals surface area contributed by atoms with Crippen molar-refractivity contribution in [3.05, 3.63) is 70.6 Å². The number of carbonyl (C=O) groups is 1. The molecule has 0 amide bonds. The van der Waals surface area contributed by atoms with Crippen LogP contribution in [0.5, 0.6) is 0 Å². The van der Waals surface area contributed by atoms with Gasteiger partial charge in [0.15, 0.2) is 19.7 Å². The zero-order chi connectivity index (χ0) is 22.4. The average molecular weight is 477 g/mol. The van der Waals surface area contributed by atoms with E-state index in [4.69, 9.17) is 0 Å². The predicted octanol–water partition coefficient (Wildman–Crippen LogP) is 4.37. The van der Waals surface area contributed by atoms with Gasteiger partial charge in [-0.15, -0.1) is 11.3 Å². The maximum atomic E-state index is 13.5. The minimum atomic E-state index is -3.93. The van der Waals surface area contributed by atoms with Crippen molar-refractivity contribution in [3.8, 4) is 10.4 Å². The van der Waals surface area contributed by atoms with Gasteiger partial charge in [-0.05, 0) is 71.2 Å². The molecule has 0 radical (unpaired) electrons. The van der Waals surface area contributed by atoms with E-state index >= 15 is 0 Å². The Labute approximate surface area is 185 Å². The van der Waals surface area contributed by atoms with Crippen LogP contribution in [-0.2, 0) is 25.4 Å². The average Bonchev–Trinajstić information content (AvgIpc) is 3.40. The van der Waals surface area contributed by atoms with E-state index in [1.165, 1.54) is 35.6 Å². The Hall–Kier alpha value is -2.49. The minimum Gasteiger partial charge on any atom is -0.478 e. The third kappa shape index (κ3) is 4.58. The molecule has 0 saturated heterocycles. The lowest BCUT2D eigenvalue weighted by Gasteiger charge is -2.14. The first kappa shape index (κ1) is 21.7. The van der Waals surface area contributed by atoms with Gasteiger partial charge >= 0.3 is 5.97 Å². The van der Waals surface area contributed by atoms with E-state index in [2.05, 4.69) is 0 Å². The zero-order valence-electron chi connectivity index (χ0n) is 16.6.